The third kappa shape index (κ3) is 50.0. The van der Waals surface area contributed by atoms with E-state index in [0.717, 1.165) is 57.8 Å². The Bertz CT molecular complexity index is 955. The van der Waals surface area contributed by atoms with Crippen LogP contribution in [0, 0.1) is 0 Å². The van der Waals surface area contributed by atoms with Gasteiger partial charge in [-0.1, -0.05) is 289 Å². The molecular weight excluding hydrogens is 791 g/mol. The van der Waals surface area contributed by atoms with Gasteiger partial charge in [0.1, 0.15) is 0 Å². The number of aliphatic hydroxyl groups is 2. The lowest BCUT2D eigenvalue weighted by Crippen LogP contribution is -2.45. The predicted octanol–water partition coefficient (Wildman–Crippen LogP) is 17.7. The van der Waals surface area contributed by atoms with Crippen LogP contribution in [0.4, 0.5) is 0 Å². The lowest BCUT2D eigenvalue weighted by Gasteiger charge is -2.20. The van der Waals surface area contributed by atoms with E-state index >= 15 is 0 Å². The Morgan fingerprint density at radius 2 is 0.719 bits per heavy atom. The van der Waals surface area contributed by atoms with Crippen LogP contribution in [0.25, 0.3) is 0 Å². The van der Waals surface area contributed by atoms with E-state index in [2.05, 4.69) is 19.2 Å². The molecule has 6 heteroatoms. The number of unbranched alkanes of at least 4 members (excludes halogenated alkanes) is 43. The molecule has 0 aliphatic rings. The highest BCUT2D eigenvalue weighted by atomic mass is 16.5. The topological polar surface area (TPSA) is 95.9 Å². The summed E-state index contributed by atoms with van der Waals surface area (Å²) in [5.74, 6) is -0.0770. The van der Waals surface area contributed by atoms with Gasteiger partial charge in [-0.3, -0.25) is 9.59 Å². The largest absolute Gasteiger partial charge is 0.466 e. The summed E-state index contributed by atoms with van der Waals surface area (Å²) in [5, 5.41) is 23.2. The highest BCUT2D eigenvalue weighted by Gasteiger charge is 2.18. The zero-order valence-corrected chi connectivity index (χ0v) is 43.3. The van der Waals surface area contributed by atoms with E-state index in [0.29, 0.717) is 19.4 Å². The lowest BCUT2D eigenvalue weighted by atomic mass is 10.0. The van der Waals surface area contributed by atoms with E-state index in [-0.39, 0.29) is 18.5 Å². The Hall–Kier alpha value is -1.40. The lowest BCUT2D eigenvalue weighted by molar-refractivity contribution is -0.143. The zero-order chi connectivity index (χ0) is 46.5. The second kappa shape index (κ2) is 54.2. The van der Waals surface area contributed by atoms with E-state index < -0.39 is 12.1 Å². The van der Waals surface area contributed by atoms with E-state index in [9.17, 15) is 19.8 Å². The summed E-state index contributed by atoms with van der Waals surface area (Å²) >= 11 is 0. The SMILES string of the molecule is CCCCCCCCCCCCCCCCCCCCC/C=C/C(O)C(CO)NC(=O)CCCCCCCCCCCCCCCCOC(=O)CCCCCCCCCCCCCC. The van der Waals surface area contributed by atoms with Gasteiger partial charge in [-0.15, -0.1) is 0 Å². The van der Waals surface area contributed by atoms with Crippen molar-refractivity contribution < 1.29 is 24.5 Å². The Morgan fingerprint density at radius 3 is 1.06 bits per heavy atom. The molecule has 3 N–H and O–H groups in total. The fourth-order valence-corrected chi connectivity index (χ4v) is 9.11. The van der Waals surface area contributed by atoms with Crippen molar-refractivity contribution in [1.29, 1.82) is 0 Å². The summed E-state index contributed by atoms with van der Waals surface area (Å²) in [6.07, 6.45) is 63.7. The third-order valence-electron chi connectivity index (χ3n) is 13.6. The van der Waals surface area contributed by atoms with Gasteiger partial charge in [0, 0.05) is 12.8 Å². The first-order valence-corrected chi connectivity index (χ1v) is 29.0. The molecule has 0 heterocycles. The van der Waals surface area contributed by atoms with Crippen LogP contribution in [-0.4, -0.2) is 47.4 Å². The summed E-state index contributed by atoms with van der Waals surface area (Å²) in [7, 11) is 0. The molecule has 0 aromatic rings. The molecule has 0 fully saturated rings. The molecule has 380 valence electrons. The predicted molar refractivity (Wildman–Crippen MR) is 278 cm³/mol. The average Bonchev–Trinajstić information content (AvgIpc) is 3.29. The number of allylic oxidation sites excluding steroid dienone is 1. The quantitative estimate of drug-likeness (QED) is 0.0321. The smallest absolute Gasteiger partial charge is 0.305 e. The van der Waals surface area contributed by atoms with Crippen molar-refractivity contribution in [2.75, 3.05) is 13.2 Å². The Kier molecular flexibility index (Phi) is 53.0. The third-order valence-corrected chi connectivity index (χ3v) is 13.6. The fourth-order valence-electron chi connectivity index (χ4n) is 9.11. The number of hydrogen-bond donors (Lipinski definition) is 3. The van der Waals surface area contributed by atoms with Crippen molar-refractivity contribution in [3.63, 3.8) is 0 Å². The average molecular weight is 905 g/mol. The highest BCUT2D eigenvalue weighted by molar-refractivity contribution is 5.76. The molecule has 2 unspecified atom stereocenters. The number of ether oxygens (including phenoxy) is 1. The van der Waals surface area contributed by atoms with Crippen molar-refractivity contribution in [2.24, 2.45) is 0 Å². The van der Waals surface area contributed by atoms with E-state index in [1.54, 1.807) is 6.08 Å². The molecule has 2 atom stereocenters. The number of carbonyl (C=O) groups is 2. The van der Waals surface area contributed by atoms with Crippen LogP contribution in [0.15, 0.2) is 12.2 Å². The maximum Gasteiger partial charge on any atom is 0.305 e. The van der Waals surface area contributed by atoms with Crippen LogP contribution in [0.2, 0.25) is 0 Å². The number of amides is 1. The molecule has 0 radical (unpaired) electrons. The minimum Gasteiger partial charge on any atom is -0.466 e. The van der Waals surface area contributed by atoms with E-state index in [1.165, 1.54) is 238 Å². The van der Waals surface area contributed by atoms with Gasteiger partial charge in [0.05, 0.1) is 25.4 Å². The second-order valence-electron chi connectivity index (χ2n) is 20.0. The summed E-state index contributed by atoms with van der Waals surface area (Å²) in [6, 6.07) is -0.635. The van der Waals surface area contributed by atoms with E-state index in [1.807, 2.05) is 6.08 Å². The van der Waals surface area contributed by atoms with Crippen molar-refractivity contribution in [1.82, 2.24) is 5.32 Å². The van der Waals surface area contributed by atoms with Crippen LogP contribution in [-0.2, 0) is 14.3 Å². The van der Waals surface area contributed by atoms with Gasteiger partial charge < -0.3 is 20.3 Å². The Balaban J connectivity index is 3.47. The first kappa shape index (κ1) is 62.6. The van der Waals surface area contributed by atoms with Gasteiger partial charge in [-0.25, -0.2) is 0 Å². The second-order valence-corrected chi connectivity index (χ2v) is 20.0. The maximum atomic E-state index is 12.5. The maximum absolute atomic E-state index is 12.5. The van der Waals surface area contributed by atoms with Crippen LogP contribution in [0.1, 0.15) is 322 Å². The van der Waals surface area contributed by atoms with Crippen molar-refractivity contribution in [3.05, 3.63) is 12.2 Å². The number of nitrogens with one attached hydrogen (secondary N) is 1. The molecule has 0 aromatic heterocycles. The monoisotopic (exact) mass is 904 g/mol. The normalized spacial score (nSPS) is 12.6. The summed E-state index contributed by atoms with van der Waals surface area (Å²) in [4.78, 5) is 24.5. The first-order chi connectivity index (χ1) is 31.5. The Morgan fingerprint density at radius 1 is 0.422 bits per heavy atom. The molecule has 0 spiro atoms. The standard InChI is InChI=1S/C58H113NO5/c1-3-5-7-9-11-13-15-17-18-19-20-21-22-23-24-27-30-34-38-42-46-50-56(61)55(54-60)59-57(62)51-47-43-39-35-31-28-25-26-29-33-37-41-45-49-53-64-58(63)52-48-44-40-36-32-16-14-12-10-8-6-4-2/h46,50,55-56,60-61H,3-45,47-49,51-54H2,1-2H3,(H,59,62)/b50-46+. The minimum atomic E-state index is -0.851. The number of aliphatic hydroxyl groups excluding tert-OH is 2. The molecule has 0 aliphatic heterocycles. The van der Waals surface area contributed by atoms with Gasteiger partial charge >= 0.3 is 5.97 Å². The Labute approximate surface area is 399 Å². The first-order valence-electron chi connectivity index (χ1n) is 29.0. The summed E-state index contributed by atoms with van der Waals surface area (Å²) in [5.41, 5.74) is 0. The summed E-state index contributed by atoms with van der Waals surface area (Å²) < 4.78 is 5.46. The zero-order valence-electron chi connectivity index (χ0n) is 43.3. The molecule has 0 saturated heterocycles. The molecule has 0 saturated carbocycles. The molecule has 6 nitrogen and oxygen atoms in total. The molecule has 1 amide bonds. The van der Waals surface area contributed by atoms with Crippen LogP contribution >= 0.6 is 0 Å². The van der Waals surface area contributed by atoms with Crippen molar-refractivity contribution in [2.45, 2.75) is 334 Å². The van der Waals surface area contributed by atoms with Gasteiger partial charge in [0.25, 0.3) is 0 Å². The van der Waals surface area contributed by atoms with Gasteiger partial charge in [0.2, 0.25) is 5.91 Å². The minimum absolute atomic E-state index is 0.00199. The van der Waals surface area contributed by atoms with Crippen LogP contribution < -0.4 is 5.32 Å². The number of esters is 1. The van der Waals surface area contributed by atoms with Crippen molar-refractivity contribution >= 4 is 11.9 Å². The van der Waals surface area contributed by atoms with Crippen LogP contribution in [0.3, 0.4) is 0 Å². The molecule has 64 heavy (non-hydrogen) atoms. The molecule has 0 aromatic carbocycles. The van der Waals surface area contributed by atoms with Gasteiger partial charge in [0.15, 0.2) is 0 Å². The number of carbonyl (C=O) groups excluding carboxylic acids is 2. The summed E-state index contributed by atoms with van der Waals surface area (Å²) in [6.45, 7) is 4.90. The molecule has 0 aliphatic carbocycles. The molecular formula is C58H113NO5. The number of rotatable bonds is 54. The van der Waals surface area contributed by atoms with Crippen LogP contribution in [0.5, 0.6) is 0 Å². The molecule has 0 bridgehead atoms. The molecule has 0 rings (SSSR count). The van der Waals surface area contributed by atoms with E-state index in [4.69, 9.17) is 4.74 Å². The van der Waals surface area contributed by atoms with Gasteiger partial charge in [-0.05, 0) is 32.1 Å². The highest BCUT2D eigenvalue weighted by Crippen LogP contribution is 2.17. The number of hydrogen-bond acceptors (Lipinski definition) is 5. The fraction of sp³-hybridized carbons (Fsp3) is 0.931. The van der Waals surface area contributed by atoms with Crippen molar-refractivity contribution in [3.8, 4) is 0 Å². The van der Waals surface area contributed by atoms with Gasteiger partial charge in [-0.2, -0.15) is 0 Å².